The summed E-state index contributed by atoms with van der Waals surface area (Å²) in [6.07, 6.45) is 11.1. The van der Waals surface area contributed by atoms with E-state index in [9.17, 15) is 9.59 Å². The first-order chi connectivity index (χ1) is 16.1. The first kappa shape index (κ1) is 23.5. The Morgan fingerprint density at radius 1 is 1.06 bits per heavy atom. The minimum absolute atomic E-state index is 0.000407. The molecule has 7 heteroatoms. The number of benzene rings is 1. The molecule has 0 unspecified atom stereocenters. The predicted octanol–water partition coefficient (Wildman–Crippen LogP) is 4.03. The van der Waals surface area contributed by atoms with E-state index in [0.717, 1.165) is 63.2 Å². The van der Waals surface area contributed by atoms with Crippen molar-refractivity contribution in [3.63, 3.8) is 0 Å². The van der Waals surface area contributed by atoms with Crippen molar-refractivity contribution in [3.8, 4) is 0 Å². The van der Waals surface area contributed by atoms with Crippen molar-refractivity contribution in [2.45, 2.75) is 70.5 Å². The van der Waals surface area contributed by atoms with Crippen LogP contribution in [0.2, 0.25) is 0 Å². The van der Waals surface area contributed by atoms with Gasteiger partial charge in [-0.15, -0.1) is 0 Å². The molecular weight excluding hydrogens is 416 g/mol. The zero-order valence-electron chi connectivity index (χ0n) is 19.7. The van der Waals surface area contributed by atoms with Gasteiger partial charge in [-0.2, -0.15) is 5.10 Å². The van der Waals surface area contributed by atoms with Crippen molar-refractivity contribution in [1.29, 1.82) is 0 Å². The van der Waals surface area contributed by atoms with Crippen LogP contribution in [0.25, 0.3) is 0 Å². The van der Waals surface area contributed by atoms with Gasteiger partial charge in [-0.3, -0.25) is 9.48 Å². The van der Waals surface area contributed by atoms with Crippen molar-refractivity contribution < 1.29 is 14.3 Å². The summed E-state index contributed by atoms with van der Waals surface area (Å²) in [6.45, 7) is 3.58. The zero-order chi connectivity index (χ0) is 23.0. The molecule has 0 atom stereocenters. The largest absolute Gasteiger partial charge is 0.465 e. The third-order valence-electron chi connectivity index (χ3n) is 7.09. The number of rotatable bonds is 8. The average Bonchev–Trinajstić information content (AvgIpc) is 3.36. The van der Waals surface area contributed by atoms with Gasteiger partial charge in [0.1, 0.15) is 5.69 Å². The van der Waals surface area contributed by atoms with Crippen LogP contribution < -0.4 is 5.32 Å². The molecule has 178 valence electrons. The lowest BCUT2D eigenvalue weighted by molar-refractivity contribution is 0.0592. The Kier molecular flexibility index (Phi) is 8.15. The summed E-state index contributed by atoms with van der Waals surface area (Å²) in [7, 11) is 1.38. The normalized spacial score (nSPS) is 17.6. The number of piperidine rings is 1. The summed E-state index contributed by atoms with van der Waals surface area (Å²) < 4.78 is 6.72. The summed E-state index contributed by atoms with van der Waals surface area (Å²) >= 11 is 0. The van der Waals surface area contributed by atoms with Crippen LogP contribution in [-0.4, -0.2) is 52.8 Å². The highest BCUT2D eigenvalue weighted by Crippen LogP contribution is 2.26. The van der Waals surface area contributed by atoms with Gasteiger partial charge in [-0.1, -0.05) is 31.4 Å². The van der Waals surface area contributed by atoms with Gasteiger partial charge in [0.05, 0.1) is 12.7 Å². The van der Waals surface area contributed by atoms with Gasteiger partial charge >= 0.3 is 5.97 Å². The van der Waals surface area contributed by atoms with E-state index in [1.54, 1.807) is 12.1 Å². The van der Waals surface area contributed by atoms with E-state index in [-0.39, 0.29) is 17.9 Å². The Labute approximate surface area is 196 Å². The lowest BCUT2D eigenvalue weighted by atomic mass is 9.93. The fourth-order valence-corrected chi connectivity index (χ4v) is 5.05. The SMILES string of the molecule is COC(=O)c1ccc(CN(C(=O)c2ccn(CCC3CCNCC3)n2)C2CCCCC2)cc1. The monoisotopic (exact) mass is 452 g/mol. The highest BCUT2D eigenvalue weighted by molar-refractivity contribution is 5.92. The van der Waals surface area contributed by atoms with Crippen molar-refractivity contribution in [1.82, 2.24) is 20.0 Å². The molecule has 2 aromatic rings. The lowest BCUT2D eigenvalue weighted by Gasteiger charge is -2.34. The number of esters is 1. The Morgan fingerprint density at radius 2 is 1.79 bits per heavy atom. The molecule has 0 spiro atoms. The van der Waals surface area contributed by atoms with E-state index in [0.29, 0.717) is 17.8 Å². The fraction of sp³-hybridized carbons (Fsp3) is 0.577. The van der Waals surface area contributed by atoms with Gasteiger partial charge < -0.3 is 15.0 Å². The molecule has 1 saturated heterocycles. The number of aromatic nitrogens is 2. The number of nitrogens with zero attached hydrogens (tertiary/aromatic N) is 3. The van der Waals surface area contributed by atoms with Crippen LogP contribution in [0.15, 0.2) is 36.5 Å². The molecule has 1 amide bonds. The molecule has 1 aliphatic heterocycles. The number of hydrogen-bond donors (Lipinski definition) is 1. The van der Waals surface area contributed by atoms with E-state index in [4.69, 9.17) is 4.74 Å². The maximum atomic E-state index is 13.6. The molecule has 1 aliphatic carbocycles. The molecular formula is C26H36N4O3. The maximum Gasteiger partial charge on any atom is 0.337 e. The Bertz CT molecular complexity index is 912. The summed E-state index contributed by atoms with van der Waals surface area (Å²) in [6, 6.07) is 9.44. The number of methoxy groups -OCH3 is 1. The number of nitrogens with one attached hydrogen (secondary N) is 1. The van der Waals surface area contributed by atoms with Crippen molar-refractivity contribution in [2.24, 2.45) is 5.92 Å². The van der Waals surface area contributed by atoms with Crippen LogP contribution in [0.5, 0.6) is 0 Å². The average molecular weight is 453 g/mol. The van der Waals surface area contributed by atoms with Crippen LogP contribution in [0, 0.1) is 5.92 Å². The van der Waals surface area contributed by atoms with Crippen LogP contribution in [-0.2, 0) is 17.8 Å². The molecule has 2 aliphatic rings. The summed E-state index contributed by atoms with van der Waals surface area (Å²) in [5, 5.41) is 8.06. The van der Waals surface area contributed by atoms with Crippen LogP contribution in [0.1, 0.15) is 77.8 Å². The topological polar surface area (TPSA) is 76.5 Å². The van der Waals surface area contributed by atoms with E-state index in [1.807, 2.05) is 34.0 Å². The van der Waals surface area contributed by atoms with Crippen molar-refractivity contribution >= 4 is 11.9 Å². The second-order valence-electron chi connectivity index (χ2n) is 9.36. The number of carbonyl (C=O) groups is 2. The second-order valence-corrected chi connectivity index (χ2v) is 9.36. The third kappa shape index (κ3) is 6.22. The highest BCUT2D eigenvalue weighted by atomic mass is 16.5. The molecule has 0 radical (unpaired) electrons. The van der Waals surface area contributed by atoms with Gasteiger partial charge in [0.25, 0.3) is 5.91 Å². The molecule has 33 heavy (non-hydrogen) atoms. The van der Waals surface area contributed by atoms with Crippen LogP contribution >= 0.6 is 0 Å². The van der Waals surface area contributed by atoms with Crippen LogP contribution in [0.3, 0.4) is 0 Å². The second kappa shape index (κ2) is 11.5. The van der Waals surface area contributed by atoms with Gasteiger partial charge in [0.2, 0.25) is 0 Å². The fourth-order valence-electron chi connectivity index (χ4n) is 5.05. The first-order valence-corrected chi connectivity index (χ1v) is 12.4. The van der Waals surface area contributed by atoms with E-state index >= 15 is 0 Å². The molecule has 2 fully saturated rings. The molecule has 1 aromatic carbocycles. The third-order valence-corrected chi connectivity index (χ3v) is 7.09. The highest BCUT2D eigenvalue weighted by Gasteiger charge is 2.28. The van der Waals surface area contributed by atoms with Crippen molar-refractivity contribution in [3.05, 3.63) is 53.3 Å². The number of ether oxygens (including phenoxy) is 1. The molecule has 2 heterocycles. The zero-order valence-corrected chi connectivity index (χ0v) is 19.7. The number of carbonyl (C=O) groups excluding carboxylic acids is 2. The Balaban J connectivity index is 1.44. The molecule has 0 bridgehead atoms. The summed E-state index contributed by atoms with van der Waals surface area (Å²) in [5.74, 6) is 0.387. The Morgan fingerprint density at radius 3 is 2.48 bits per heavy atom. The molecule has 1 aromatic heterocycles. The standard InChI is InChI=1S/C26H36N4O3/c1-33-26(32)22-9-7-21(8-10-22)19-30(23-5-3-2-4-6-23)25(31)24-14-18-29(28-24)17-13-20-11-15-27-16-12-20/h7-10,14,18,20,23,27H,2-6,11-13,15-17,19H2,1H3. The smallest absolute Gasteiger partial charge is 0.337 e. The summed E-state index contributed by atoms with van der Waals surface area (Å²) in [5.41, 5.74) is 2.05. The number of hydrogen-bond acceptors (Lipinski definition) is 5. The van der Waals surface area contributed by atoms with Gasteiger partial charge in [-0.25, -0.2) is 4.79 Å². The van der Waals surface area contributed by atoms with Gasteiger partial charge in [-0.05, 0) is 74.9 Å². The van der Waals surface area contributed by atoms with Gasteiger partial charge in [0, 0.05) is 25.3 Å². The maximum absolute atomic E-state index is 13.6. The number of aryl methyl sites for hydroxylation is 1. The van der Waals surface area contributed by atoms with E-state index < -0.39 is 0 Å². The molecule has 7 nitrogen and oxygen atoms in total. The van der Waals surface area contributed by atoms with E-state index in [1.165, 1.54) is 26.4 Å². The molecule has 1 N–H and O–H groups in total. The quantitative estimate of drug-likeness (QED) is 0.612. The number of amides is 1. The van der Waals surface area contributed by atoms with Crippen molar-refractivity contribution in [2.75, 3.05) is 20.2 Å². The molecule has 4 rings (SSSR count). The van der Waals surface area contributed by atoms with E-state index in [2.05, 4.69) is 10.4 Å². The predicted molar refractivity (Wildman–Crippen MR) is 127 cm³/mol. The minimum Gasteiger partial charge on any atom is -0.465 e. The minimum atomic E-state index is -0.350. The first-order valence-electron chi connectivity index (χ1n) is 12.4. The lowest BCUT2D eigenvalue weighted by Crippen LogP contribution is -2.41. The Hall–Kier alpha value is -2.67. The van der Waals surface area contributed by atoms with Gasteiger partial charge in [0.15, 0.2) is 0 Å². The van der Waals surface area contributed by atoms with Crippen LogP contribution in [0.4, 0.5) is 0 Å². The molecule has 1 saturated carbocycles. The summed E-state index contributed by atoms with van der Waals surface area (Å²) in [4.78, 5) is 27.3.